The molecule has 0 unspecified atom stereocenters. The molecule has 0 radical (unpaired) electrons. The van der Waals surface area contributed by atoms with Gasteiger partial charge in [-0.25, -0.2) is 4.98 Å². The average Bonchev–Trinajstić information content (AvgIpc) is 3.54. The lowest BCUT2D eigenvalue weighted by Gasteiger charge is -2.39. The Morgan fingerprint density at radius 1 is 0.970 bits per heavy atom. The number of esters is 1. The van der Waals surface area contributed by atoms with Gasteiger partial charge in [0.2, 0.25) is 0 Å². The van der Waals surface area contributed by atoms with Crippen LogP contribution in [0.2, 0.25) is 0 Å². The molecule has 16 heteroatoms. The largest absolute Gasteiger partial charge is 0.505 e. The lowest BCUT2D eigenvalue weighted by Crippen LogP contribution is -2.43. The number of phenols is 1. The number of hydrogen-bond donors (Lipinski definition) is 3. The van der Waals surface area contributed by atoms with Crippen LogP contribution in [0.25, 0.3) is 33.0 Å². The Bertz CT molecular complexity index is 2650. The number of anilines is 1. The molecule has 1 amide bonds. The highest BCUT2D eigenvalue weighted by atomic mass is 16.7. The number of amides is 1. The number of rotatable bonds is 9. The summed E-state index contributed by atoms with van der Waals surface area (Å²) >= 11 is 0. The summed E-state index contributed by atoms with van der Waals surface area (Å²) in [5.74, 6) is -5.57. The van der Waals surface area contributed by atoms with Crippen LogP contribution in [-0.2, 0) is 28.5 Å². The average molecular weight is 914 g/mol. The van der Waals surface area contributed by atoms with Gasteiger partial charge in [0, 0.05) is 61.9 Å². The molecule has 0 aliphatic carbocycles. The van der Waals surface area contributed by atoms with Crippen LogP contribution in [0.1, 0.15) is 71.3 Å². The minimum absolute atomic E-state index is 0.00675. The molecule has 0 spiro atoms. The minimum atomic E-state index is -2.01. The molecule has 0 saturated heterocycles. The van der Waals surface area contributed by atoms with E-state index in [9.17, 15) is 29.4 Å². The molecule has 3 N–H and O–H groups in total. The SMILES string of the molecule is CO[C@H]1/C=C/O[C@@]2(C)Oc3c(C)c(=O)c4c(O)c(c5oc6cc(OCCOCCN(C)C)ccc6nc5c4c3C2=O)NC(=O)/C(C)=C\C=C\[C@H](C)[C@H](O)[C@@H](C)[C@@H](C)[C@@H](C)[C@H](OC(C)=O)[C@@H]1C. The number of ketones is 1. The second-order valence-electron chi connectivity index (χ2n) is 18.0. The number of nitrogens with zero attached hydrogens (tertiary/aromatic N) is 2. The number of methoxy groups -OCH3 is 1. The predicted octanol–water partition coefficient (Wildman–Crippen LogP) is 7.23. The highest BCUT2D eigenvalue weighted by molar-refractivity contribution is 6.26. The monoisotopic (exact) mass is 913 g/mol. The lowest BCUT2D eigenvalue weighted by atomic mass is 9.73. The van der Waals surface area contributed by atoms with Crippen molar-refractivity contribution in [3.8, 4) is 17.2 Å². The molecule has 4 aromatic rings. The van der Waals surface area contributed by atoms with Crippen molar-refractivity contribution < 1.29 is 57.4 Å². The highest BCUT2D eigenvalue weighted by Gasteiger charge is 2.49. The molecule has 1 aromatic heterocycles. The molecule has 6 rings (SSSR count). The number of Topliss-reactive ketones (excluding diaryl/α,β-unsaturated/α-hetero) is 1. The fraction of sp³-hybridized carbons (Fsp3) is 0.500. The lowest BCUT2D eigenvalue weighted by molar-refractivity contribution is -0.157. The second-order valence-corrected chi connectivity index (χ2v) is 18.0. The number of likely N-dealkylation sites (N-methyl/N-ethyl adjacent to an activating group) is 1. The molecule has 2 aliphatic heterocycles. The third-order valence-electron chi connectivity index (χ3n) is 13.1. The van der Waals surface area contributed by atoms with E-state index in [0.717, 1.165) is 6.54 Å². The van der Waals surface area contributed by atoms with Gasteiger partial charge in [-0.1, -0.05) is 52.8 Å². The van der Waals surface area contributed by atoms with Crippen LogP contribution in [0.5, 0.6) is 17.2 Å². The number of allylic oxidation sites excluding steroid dienone is 2. The number of nitrogens with one attached hydrogen (secondary N) is 1. The summed E-state index contributed by atoms with van der Waals surface area (Å²) in [7, 11) is 5.42. The van der Waals surface area contributed by atoms with E-state index in [1.54, 1.807) is 49.4 Å². The molecule has 66 heavy (non-hydrogen) atoms. The maximum Gasteiger partial charge on any atom is 0.312 e. The summed E-state index contributed by atoms with van der Waals surface area (Å²) in [6.07, 6.45) is 5.72. The van der Waals surface area contributed by atoms with Crippen LogP contribution in [0, 0.1) is 36.5 Å². The van der Waals surface area contributed by atoms with Crippen molar-refractivity contribution in [1.29, 1.82) is 0 Å². The summed E-state index contributed by atoms with van der Waals surface area (Å²) in [4.78, 5) is 62.5. The smallest absolute Gasteiger partial charge is 0.312 e. The maximum absolute atomic E-state index is 14.8. The number of aromatic nitrogens is 1. The van der Waals surface area contributed by atoms with Crippen LogP contribution < -0.4 is 20.2 Å². The molecule has 0 fully saturated rings. The summed E-state index contributed by atoms with van der Waals surface area (Å²) in [5, 5.41) is 26.1. The van der Waals surface area contributed by atoms with Crippen LogP contribution in [0.4, 0.5) is 5.69 Å². The molecule has 3 heterocycles. The third-order valence-corrected chi connectivity index (χ3v) is 13.1. The van der Waals surface area contributed by atoms with Crippen LogP contribution in [0.15, 0.2) is 63.6 Å². The number of hydrogen-bond acceptors (Lipinski definition) is 15. The predicted molar refractivity (Wildman–Crippen MR) is 250 cm³/mol. The molecule has 9 atom stereocenters. The zero-order chi connectivity index (χ0) is 48.4. The van der Waals surface area contributed by atoms with Crippen LogP contribution >= 0.6 is 0 Å². The van der Waals surface area contributed by atoms with E-state index in [1.165, 1.54) is 34.1 Å². The van der Waals surface area contributed by atoms with Gasteiger partial charge in [-0.2, -0.15) is 0 Å². The molecule has 356 valence electrons. The Kier molecular flexibility index (Phi) is 15.3. The molecule has 16 nitrogen and oxygen atoms in total. The van der Waals surface area contributed by atoms with Gasteiger partial charge in [-0.15, -0.1) is 0 Å². The van der Waals surface area contributed by atoms with Gasteiger partial charge in [-0.3, -0.25) is 19.2 Å². The summed E-state index contributed by atoms with van der Waals surface area (Å²) < 4.78 is 42.2. The van der Waals surface area contributed by atoms with Crippen molar-refractivity contribution in [2.24, 2.45) is 29.6 Å². The van der Waals surface area contributed by atoms with E-state index >= 15 is 0 Å². The standard InChI is InChI=1S/C50H63N3O13/c1-25-14-13-15-26(2)49(59)52-41-44(57)38-37(40-47(41)65-36-24-33(16-17-34(36)51-40)62-23-22-61-21-19-53(10)11)39-46(31(7)43(38)56)66-50(9,48(39)58)63-20-18-35(60-12)30(6)45(64-32(8)54)29(5)27(3)28(4)42(25)55/h13-18,20,24-25,27-30,35,42,45,55,57H,19,21-23H2,1-12H3,(H,52,59)/b14-13+,20-18+,26-15-/t25-,27+,28-,29+,30+,35-,42-,45-,50-/m0/s1. The number of fused-ring (bicyclic) bond motifs is 2. The topological polar surface area (TPSA) is 205 Å². The number of carbonyl (C=O) groups excluding carboxylic acids is 3. The Labute approximate surface area is 384 Å². The van der Waals surface area contributed by atoms with Crippen molar-refractivity contribution in [3.63, 3.8) is 0 Å². The fourth-order valence-corrected chi connectivity index (χ4v) is 8.66. The zero-order valence-corrected chi connectivity index (χ0v) is 39.8. The van der Waals surface area contributed by atoms with Gasteiger partial charge in [-0.05, 0) is 63.9 Å². The van der Waals surface area contributed by atoms with E-state index in [4.69, 9.17) is 37.8 Å². The first-order chi connectivity index (χ1) is 31.2. The van der Waals surface area contributed by atoms with Gasteiger partial charge in [0.1, 0.15) is 40.9 Å². The first kappa shape index (κ1) is 49.6. The highest BCUT2D eigenvalue weighted by Crippen LogP contribution is 2.48. The zero-order valence-electron chi connectivity index (χ0n) is 39.8. The van der Waals surface area contributed by atoms with E-state index in [0.29, 0.717) is 24.5 Å². The third kappa shape index (κ3) is 9.97. The number of ether oxygens (including phenoxy) is 6. The minimum Gasteiger partial charge on any atom is -0.505 e. The Balaban J connectivity index is 1.53. The number of aliphatic hydroxyl groups excluding tert-OH is 1. The molecule has 2 aliphatic rings. The fourth-order valence-electron chi connectivity index (χ4n) is 8.66. The summed E-state index contributed by atoms with van der Waals surface area (Å²) in [6, 6.07) is 4.95. The van der Waals surface area contributed by atoms with Gasteiger partial charge in [0.15, 0.2) is 22.3 Å². The summed E-state index contributed by atoms with van der Waals surface area (Å²) in [5.41, 5.74) is -0.418. The van der Waals surface area contributed by atoms with E-state index < -0.39 is 58.9 Å². The summed E-state index contributed by atoms with van der Waals surface area (Å²) in [6.45, 7) is 17.3. The number of carbonyl (C=O) groups is 3. The van der Waals surface area contributed by atoms with E-state index in [2.05, 4.69) is 5.32 Å². The van der Waals surface area contributed by atoms with Crippen LogP contribution in [-0.4, -0.2) is 109 Å². The maximum atomic E-state index is 14.8. The Morgan fingerprint density at radius 2 is 1.70 bits per heavy atom. The van der Waals surface area contributed by atoms with E-state index in [-0.39, 0.29) is 85.9 Å². The van der Waals surface area contributed by atoms with Crippen molar-refractivity contribution in [2.45, 2.75) is 86.4 Å². The van der Waals surface area contributed by atoms with Crippen molar-refractivity contribution in [1.82, 2.24) is 9.88 Å². The Morgan fingerprint density at radius 3 is 2.38 bits per heavy atom. The van der Waals surface area contributed by atoms with Crippen molar-refractivity contribution >= 4 is 56.3 Å². The number of benzene rings is 3. The first-order valence-corrected chi connectivity index (χ1v) is 22.3. The molecular formula is C50H63N3O13. The van der Waals surface area contributed by atoms with Crippen LogP contribution in [0.3, 0.4) is 0 Å². The molecule has 0 saturated carbocycles. The quantitative estimate of drug-likeness (QED) is 0.0498. The molecule has 3 aromatic carbocycles. The van der Waals surface area contributed by atoms with Gasteiger partial charge in [0.05, 0.1) is 42.6 Å². The van der Waals surface area contributed by atoms with Gasteiger partial charge in [0.25, 0.3) is 11.7 Å². The van der Waals surface area contributed by atoms with Crippen molar-refractivity contribution in [3.05, 3.63) is 75.7 Å². The normalized spacial score (nSPS) is 28.2. The number of aliphatic hydroxyl groups is 1. The Hall–Kier alpha value is -5.81. The second kappa shape index (κ2) is 20.4. The molecular weight excluding hydrogens is 851 g/mol. The number of phenolic OH excluding ortho intramolecular Hbond substituents is 1. The van der Waals surface area contributed by atoms with Crippen molar-refractivity contribution in [2.75, 3.05) is 52.9 Å². The van der Waals surface area contributed by atoms with Gasteiger partial charge >= 0.3 is 11.8 Å². The van der Waals surface area contributed by atoms with Gasteiger partial charge < -0.3 is 53.3 Å². The molecule has 4 bridgehead atoms. The van der Waals surface area contributed by atoms with E-state index in [1.807, 2.05) is 53.6 Å². The number of aromatic hydroxyl groups is 1. The first-order valence-electron chi connectivity index (χ1n) is 22.3.